The molecule has 0 spiro atoms. The summed E-state index contributed by atoms with van der Waals surface area (Å²) in [5, 5.41) is 19.9. The number of benzene rings is 1. The van der Waals surface area contributed by atoms with Gasteiger partial charge < -0.3 is 15.1 Å². The molecule has 1 heterocycles. The second-order valence-electron chi connectivity index (χ2n) is 4.52. The van der Waals surface area contributed by atoms with Gasteiger partial charge in [-0.2, -0.15) is 0 Å². The lowest BCUT2D eigenvalue weighted by atomic mass is 9.93. The maximum absolute atomic E-state index is 10.3. The van der Waals surface area contributed by atoms with Gasteiger partial charge in [-0.3, -0.25) is 0 Å². The van der Waals surface area contributed by atoms with E-state index in [4.69, 9.17) is 0 Å². The molecule has 1 fully saturated rings. The van der Waals surface area contributed by atoms with Crippen molar-refractivity contribution in [1.29, 1.82) is 0 Å². The Balaban J connectivity index is 2.12. The number of likely N-dealkylation sites (tertiary alicyclic amines) is 1. The van der Waals surface area contributed by atoms with Gasteiger partial charge in [0.2, 0.25) is 0 Å². The molecule has 1 unspecified atom stereocenters. The molecule has 1 saturated heterocycles. The maximum atomic E-state index is 10.3. The number of β-amino-alcohol motifs (C(OH)–C–C–N with tert-alkyl or cyclic N) is 1. The molecule has 2 rings (SSSR count). The van der Waals surface area contributed by atoms with Gasteiger partial charge in [0.25, 0.3) is 0 Å². The summed E-state index contributed by atoms with van der Waals surface area (Å²) in [5.41, 5.74) is 0.156. The molecule has 82 valence electrons. The second-order valence-corrected chi connectivity index (χ2v) is 4.52. The van der Waals surface area contributed by atoms with Crippen molar-refractivity contribution in [3.63, 3.8) is 0 Å². The standard InChI is InChI=1S/C12H17NO2/c1-13-7-6-12(15,9-13)8-10-4-2-3-5-11(10)14/h2-5,14-15H,6-9H2,1H3. The molecular formula is C12H17NO2. The van der Waals surface area contributed by atoms with E-state index in [0.717, 1.165) is 18.5 Å². The van der Waals surface area contributed by atoms with E-state index in [1.54, 1.807) is 12.1 Å². The minimum Gasteiger partial charge on any atom is -0.508 e. The number of hydrogen-bond donors (Lipinski definition) is 2. The summed E-state index contributed by atoms with van der Waals surface area (Å²) < 4.78 is 0. The Morgan fingerprint density at radius 2 is 2.13 bits per heavy atom. The molecule has 0 amide bonds. The third-order valence-electron chi connectivity index (χ3n) is 3.03. The van der Waals surface area contributed by atoms with Gasteiger partial charge in [0, 0.05) is 19.5 Å². The predicted molar refractivity (Wildman–Crippen MR) is 58.9 cm³/mol. The average molecular weight is 207 g/mol. The van der Waals surface area contributed by atoms with E-state index in [-0.39, 0.29) is 5.75 Å². The fourth-order valence-electron chi connectivity index (χ4n) is 2.22. The molecule has 0 bridgehead atoms. The summed E-state index contributed by atoms with van der Waals surface area (Å²) in [7, 11) is 2.00. The van der Waals surface area contributed by atoms with Crippen molar-refractivity contribution in [2.75, 3.05) is 20.1 Å². The van der Waals surface area contributed by atoms with Crippen LogP contribution in [-0.4, -0.2) is 40.9 Å². The van der Waals surface area contributed by atoms with E-state index in [2.05, 4.69) is 4.90 Å². The van der Waals surface area contributed by atoms with Crippen LogP contribution in [0.2, 0.25) is 0 Å². The summed E-state index contributed by atoms with van der Waals surface area (Å²) in [6, 6.07) is 7.21. The Kier molecular flexibility index (Phi) is 2.67. The van der Waals surface area contributed by atoms with Crippen LogP contribution >= 0.6 is 0 Å². The number of phenolic OH excluding ortho intramolecular Hbond substituents is 1. The Labute approximate surface area is 90.0 Å². The highest BCUT2D eigenvalue weighted by atomic mass is 16.3. The van der Waals surface area contributed by atoms with E-state index >= 15 is 0 Å². The van der Waals surface area contributed by atoms with Gasteiger partial charge >= 0.3 is 0 Å². The molecule has 1 aliphatic rings. The largest absolute Gasteiger partial charge is 0.508 e. The van der Waals surface area contributed by atoms with Crippen molar-refractivity contribution in [3.05, 3.63) is 29.8 Å². The lowest BCUT2D eigenvalue weighted by molar-refractivity contribution is 0.0517. The zero-order valence-electron chi connectivity index (χ0n) is 8.98. The van der Waals surface area contributed by atoms with Gasteiger partial charge in [-0.25, -0.2) is 0 Å². The zero-order chi connectivity index (χ0) is 10.9. The van der Waals surface area contributed by atoms with Gasteiger partial charge in [0.05, 0.1) is 5.60 Å². The molecule has 0 aromatic heterocycles. The highest BCUT2D eigenvalue weighted by molar-refractivity contribution is 5.33. The molecule has 15 heavy (non-hydrogen) atoms. The highest BCUT2D eigenvalue weighted by Crippen LogP contribution is 2.28. The first-order valence-corrected chi connectivity index (χ1v) is 5.27. The van der Waals surface area contributed by atoms with Crippen molar-refractivity contribution in [1.82, 2.24) is 4.90 Å². The summed E-state index contributed by atoms with van der Waals surface area (Å²) in [4.78, 5) is 2.11. The summed E-state index contributed by atoms with van der Waals surface area (Å²) in [6.45, 7) is 1.60. The van der Waals surface area contributed by atoms with Crippen LogP contribution in [0.4, 0.5) is 0 Å². The van der Waals surface area contributed by atoms with Gasteiger partial charge in [-0.15, -0.1) is 0 Å². The van der Waals surface area contributed by atoms with Crippen molar-refractivity contribution in [3.8, 4) is 5.75 Å². The van der Waals surface area contributed by atoms with Crippen molar-refractivity contribution < 1.29 is 10.2 Å². The minimum atomic E-state index is -0.673. The third-order valence-corrected chi connectivity index (χ3v) is 3.03. The Hall–Kier alpha value is -1.06. The first kappa shape index (κ1) is 10.5. The molecule has 1 aliphatic heterocycles. The molecule has 3 heteroatoms. The van der Waals surface area contributed by atoms with Crippen molar-refractivity contribution >= 4 is 0 Å². The lowest BCUT2D eigenvalue weighted by Gasteiger charge is -2.22. The number of aromatic hydroxyl groups is 1. The van der Waals surface area contributed by atoms with Crippen LogP contribution in [0.25, 0.3) is 0 Å². The number of hydrogen-bond acceptors (Lipinski definition) is 3. The van der Waals surface area contributed by atoms with E-state index in [9.17, 15) is 10.2 Å². The summed E-state index contributed by atoms with van der Waals surface area (Å²) in [6.07, 6.45) is 1.31. The normalized spacial score (nSPS) is 27.1. The highest BCUT2D eigenvalue weighted by Gasteiger charge is 2.34. The average Bonchev–Trinajstić information content (AvgIpc) is 2.51. The lowest BCUT2D eigenvalue weighted by Crippen LogP contribution is -2.34. The van der Waals surface area contributed by atoms with Gasteiger partial charge in [-0.1, -0.05) is 18.2 Å². The first-order chi connectivity index (χ1) is 7.09. The third kappa shape index (κ3) is 2.30. The number of phenols is 1. The smallest absolute Gasteiger partial charge is 0.118 e. The van der Waals surface area contributed by atoms with Crippen LogP contribution in [0.5, 0.6) is 5.75 Å². The van der Waals surface area contributed by atoms with Gasteiger partial charge in [0.1, 0.15) is 5.75 Å². The molecule has 0 radical (unpaired) electrons. The maximum Gasteiger partial charge on any atom is 0.118 e. The van der Waals surface area contributed by atoms with Gasteiger partial charge in [0.15, 0.2) is 0 Å². The van der Waals surface area contributed by atoms with E-state index in [1.807, 2.05) is 19.2 Å². The SMILES string of the molecule is CN1CCC(O)(Cc2ccccc2O)C1. The Bertz CT molecular complexity index is 353. The Morgan fingerprint density at radius 1 is 1.40 bits per heavy atom. The van der Waals surface area contributed by atoms with Crippen molar-refractivity contribution in [2.24, 2.45) is 0 Å². The molecule has 3 nitrogen and oxygen atoms in total. The molecule has 0 saturated carbocycles. The molecule has 1 aromatic carbocycles. The molecule has 1 atom stereocenters. The first-order valence-electron chi connectivity index (χ1n) is 5.27. The van der Waals surface area contributed by atoms with Crippen LogP contribution in [0, 0.1) is 0 Å². The van der Waals surface area contributed by atoms with Gasteiger partial charge in [-0.05, 0) is 25.1 Å². The second kappa shape index (κ2) is 3.83. The van der Waals surface area contributed by atoms with Crippen LogP contribution in [0.15, 0.2) is 24.3 Å². The topological polar surface area (TPSA) is 43.7 Å². The molecular weight excluding hydrogens is 190 g/mol. The number of nitrogens with zero attached hydrogens (tertiary/aromatic N) is 1. The minimum absolute atomic E-state index is 0.278. The predicted octanol–water partition coefficient (Wildman–Crippen LogP) is 1.00. The fourth-order valence-corrected chi connectivity index (χ4v) is 2.22. The zero-order valence-corrected chi connectivity index (χ0v) is 8.98. The summed E-state index contributed by atoms with van der Waals surface area (Å²) >= 11 is 0. The Morgan fingerprint density at radius 3 is 2.73 bits per heavy atom. The van der Waals surface area contributed by atoms with E-state index < -0.39 is 5.60 Å². The molecule has 2 N–H and O–H groups in total. The van der Waals surface area contributed by atoms with Crippen LogP contribution in [0.1, 0.15) is 12.0 Å². The number of likely N-dealkylation sites (N-methyl/N-ethyl adjacent to an activating group) is 1. The number of para-hydroxylation sites is 1. The van der Waals surface area contributed by atoms with Crippen LogP contribution in [0.3, 0.4) is 0 Å². The number of aliphatic hydroxyl groups is 1. The molecule has 0 aliphatic carbocycles. The van der Waals surface area contributed by atoms with Crippen LogP contribution < -0.4 is 0 Å². The quantitative estimate of drug-likeness (QED) is 0.760. The number of rotatable bonds is 2. The molecule has 1 aromatic rings. The summed E-state index contributed by atoms with van der Waals surface area (Å²) in [5.74, 6) is 0.278. The van der Waals surface area contributed by atoms with E-state index in [0.29, 0.717) is 13.0 Å². The monoisotopic (exact) mass is 207 g/mol. The van der Waals surface area contributed by atoms with Crippen molar-refractivity contribution in [2.45, 2.75) is 18.4 Å². The fraction of sp³-hybridized carbons (Fsp3) is 0.500. The van der Waals surface area contributed by atoms with Crippen LogP contribution in [-0.2, 0) is 6.42 Å². The van der Waals surface area contributed by atoms with E-state index in [1.165, 1.54) is 0 Å².